The van der Waals surface area contributed by atoms with Gasteiger partial charge in [0.15, 0.2) is 5.78 Å². The Bertz CT molecular complexity index is 1220. The van der Waals surface area contributed by atoms with Crippen molar-refractivity contribution in [3.63, 3.8) is 0 Å². The summed E-state index contributed by atoms with van der Waals surface area (Å²) in [5.41, 5.74) is 2.34. The lowest BCUT2D eigenvalue weighted by Gasteiger charge is -2.30. The zero-order chi connectivity index (χ0) is 30.2. The molecule has 0 radical (unpaired) electrons. The van der Waals surface area contributed by atoms with Crippen molar-refractivity contribution in [2.24, 2.45) is 0 Å². The summed E-state index contributed by atoms with van der Waals surface area (Å²) >= 11 is 0. The van der Waals surface area contributed by atoms with Crippen LogP contribution in [0.5, 0.6) is 5.75 Å². The third-order valence-corrected chi connectivity index (χ3v) is 8.49. The number of aryl methyl sites for hydroxylation is 1. The number of imidazole rings is 1. The Kier molecular flexibility index (Phi) is 11.2. The molecule has 1 aliphatic rings. The summed E-state index contributed by atoms with van der Waals surface area (Å²) in [6.45, 7) is 13.6. The van der Waals surface area contributed by atoms with E-state index in [9.17, 15) is 9.59 Å². The van der Waals surface area contributed by atoms with E-state index in [1.165, 1.54) is 0 Å². The molecule has 2 aromatic rings. The van der Waals surface area contributed by atoms with Gasteiger partial charge < -0.3 is 28.6 Å². The molecule has 0 amide bonds. The van der Waals surface area contributed by atoms with Gasteiger partial charge in [0.1, 0.15) is 5.75 Å². The molecule has 0 spiro atoms. The van der Waals surface area contributed by atoms with E-state index in [-0.39, 0.29) is 29.8 Å². The number of ether oxygens (including phenoxy) is 2. The van der Waals surface area contributed by atoms with Crippen LogP contribution in [-0.4, -0.2) is 58.4 Å². The number of benzene rings is 1. The van der Waals surface area contributed by atoms with Gasteiger partial charge in [0.25, 0.3) is 0 Å². The molecule has 9 heteroatoms. The first-order valence-electron chi connectivity index (χ1n) is 15.1. The van der Waals surface area contributed by atoms with E-state index in [1.54, 1.807) is 11.7 Å². The predicted octanol–water partition coefficient (Wildman–Crippen LogP) is 5.78. The summed E-state index contributed by atoms with van der Waals surface area (Å²) in [5, 5.41) is 17.7. The smallest absolute Gasteiger partial charge is 0.303 e. The van der Waals surface area contributed by atoms with Gasteiger partial charge in [0.2, 0.25) is 5.62 Å². The molecule has 0 bridgehead atoms. The zero-order valence-electron chi connectivity index (χ0n) is 25.9. The molecule has 1 aliphatic heterocycles. The number of carbonyl (C=O) groups is 2. The van der Waals surface area contributed by atoms with Crippen LogP contribution in [0.2, 0.25) is 0 Å². The number of Topliss-reactive ketones (excluding diaryl/α,β-unsaturated/α-hetero) is 1. The van der Waals surface area contributed by atoms with Gasteiger partial charge in [-0.2, -0.15) is 0 Å². The molecule has 0 aliphatic carbocycles. The van der Waals surface area contributed by atoms with Gasteiger partial charge in [-0.25, -0.2) is 0 Å². The van der Waals surface area contributed by atoms with Crippen molar-refractivity contribution in [1.82, 2.24) is 9.13 Å². The number of nitrogens with zero attached hydrogens (tertiary/aromatic N) is 3. The van der Waals surface area contributed by atoms with E-state index < -0.39 is 5.97 Å². The summed E-state index contributed by atoms with van der Waals surface area (Å²) in [7, 11) is 1.75. The number of anilines is 1. The molecule has 3 rings (SSSR count). The number of hydrogen-bond donors (Lipinski definition) is 2. The molecule has 0 unspecified atom stereocenters. The fourth-order valence-corrected chi connectivity index (χ4v) is 5.57. The van der Waals surface area contributed by atoms with Crippen LogP contribution in [-0.2, 0) is 28.0 Å². The van der Waals surface area contributed by atoms with Crippen molar-refractivity contribution in [1.29, 1.82) is 5.41 Å². The lowest BCUT2D eigenvalue weighted by Crippen LogP contribution is -2.34. The number of carboxylic acid groups (broad SMARTS) is 1. The maximum absolute atomic E-state index is 13.7. The summed E-state index contributed by atoms with van der Waals surface area (Å²) < 4.78 is 15.7. The Morgan fingerprint density at radius 1 is 1.02 bits per heavy atom. The highest BCUT2D eigenvalue weighted by molar-refractivity contribution is 5.98. The normalized spacial score (nSPS) is 14.0. The topological polar surface area (TPSA) is 110 Å². The Hall–Kier alpha value is -3.07. The lowest BCUT2D eigenvalue weighted by molar-refractivity contribution is -0.137. The molecule has 1 aromatic heterocycles. The second-order valence-electron chi connectivity index (χ2n) is 12.2. The third kappa shape index (κ3) is 8.24. The van der Waals surface area contributed by atoms with Crippen LogP contribution < -0.4 is 15.3 Å². The van der Waals surface area contributed by atoms with Crippen LogP contribution in [0.25, 0.3) is 0 Å². The highest BCUT2D eigenvalue weighted by Crippen LogP contribution is 2.41. The van der Waals surface area contributed by atoms with Gasteiger partial charge in [-0.1, -0.05) is 34.6 Å². The lowest BCUT2D eigenvalue weighted by atomic mass is 9.84. The second-order valence-corrected chi connectivity index (χ2v) is 12.2. The van der Waals surface area contributed by atoms with Crippen molar-refractivity contribution in [2.45, 2.75) is 110 Å². The van der Waals surface area contributed by atoms with E-state index >= 15 is 0 Å². The van der Waals surface area contributed by atoms with Crippen LogP contribution in [0.15, 0.2) is 24.5 Å². The zero-order valence-corrected chi connectivity index (χ0v) is 25.9. The average Bonchev–Trinajstić information content (AvgIpc) is 3.59. The summed E-state index contributed by atoms with van der Waals surface area (Å²) in [6.07, 6.45) is 9.82. The Balaban J connectivity index is 1.87. The van der Waals surface area contributed by atoms with Gasteiger partial charge in [0.05, 0.1) is 24.4 Å². The van der Waals surface area contributed by atoms with Gasteiger partial charge in [-0.15, -0.1) is 0 Å². The Morgan fingerprint density at radius 2 is 1.68 bits per heavy atom. The maximum Gasteiger partial charge on any atom is 0.303 e. The number of aromatic nitrogens is 2. The average molecular weight is 571 g/mol. The minimum atomic E-state index is -0.796. The Morgan fingerprint density at radius 3 is 2.27 bits per heavy atom. The summed E-state index contributed by atoms with van der Waals surface area (Å²) in [4.78, 5) is 26.9. The van der Waals surface area contributed by atoms with E-state index in [2.05, 4.69) is 39.5 Å². The van der Waals surface area contributed by atoms with E-state index in [0.29, 0.717) is 37.2 Å². The molecular weight excluding hydrogens is 520 g/mol. The van der Waals surface area contributed by atoms with Gasteiger partial charge in [0, 0.05) is 56.7 Å². The maximum atomic E-state index is 13.7. The number of rotatable bonds is 16. The first-order valence-corrected chi connectivity index (χ1v) is 15.1. The standard InChI is InChI=1S/C32H50N4O5/c1-7-32(8-2,40-6)14-17-35-18-19-36(30(35)33)23-27(37)24-21-25(31(3,4)5)29(41-20-12-9-13-28(38)39)26(22-24)34-15-10-11-16-34/h18-19,21-22,33H,7-17,20,23H2,1-6H3,(H,38,39). The number of unbranched alkanes of at least 4 members (excludes halogenated alkanes) is 1. The van der Waals surface area contributed by atoms with E-state index in [0.717, 1.165) is 62.2 Å². The molecule has 0 saturated carbocycles. The number of ketones is 1. The number of aliphatic carboxylic acids is 1. The van der Waals surface area contributed by atoms with Crippen LogP contribution in [0.1, 0.15) is 102 Å². The number of hydrogen-bond acceptors (Lipinski definition) is 6. The Labute approximate surface area is 245 Å². The van der Waals surface area contributed by atoms with Crippen molar-refractivity contribution >= 4 is 17.4 Å². The number of carbonyl (C=O) groups excluding carboxylic acids is 1. The first-order chi connectivity index (χ1) is 19.4. The highest BCUT2D eigenvalue weighted by atomic mass is 16.5. The van der Waals surface area contributed by atoms with Crippen LogP contribution in [0, 0.1) is 5.41 Å². The molecule has 1 fully saturated rings. The van der Waals surface area contributed by atoms with Crippen LogP contribution >= 0.6 is 0 Å². The quantitative estimate of drug-likeness (QED) is 0.196. The van der Waals surface area contributed by atoms with E-state index in [4.69, 9.17) is 20.0 Å². The largest absolute Gasteiger partial charge is 0.491 e. The van der Waals surface area contributed by atoms with Crippen LogP contribution in [0.4, 0.5) is 5.69 Å². The molecule has 2 heterocycles. The molecule has 0 atom stereocenters. The minimum Gasteiger partial charge on any atom is -0.491 e. The molecule has 228 valence electrons. The van der Waals surface area contributed by atoms with E-state index in [1.807, 2.05) is 29.1 Å². The number of nitrogens with one attached hydrogen (secondary N) is 1. The van der Waals surface area contributed by atoms with Crippen molar-refractivity contribution < 1.29 is 24.2 Å². The molecule has 41 heavy (non-hydrogen) atoms. The monoisotopic (exact) mass is 570 g/mol. The number of methoxy groups -OCH3 is 1. The molecular formula is C32H50N4O5. The highest BCUT2D eigenvalue weighted by Gasteiger charge is 2.28. The molecule has 1 aromatic carbocycles. The minimum absolute atomic E-state index is 0.0476. The SMILES string of the molecule is CCC(CC)(CCn1ccn(CC(=O)c2cc(N3CCCC3)c(OCCCCC(=O)O)c(C(C)(C)C)c2)c1=N)OC. The van der Waals surface area contributed by atoms with Gasteiger partial charge >= 0.3 is 5.97 Å². The first kappa shape index (κ1) is 32.4. The fraction of sp³-hybridized carbons (Fsp3) is 0.656. The third-order valence-electron chi connectivity index (χ3n) is 8.49. The van der Waals surface area contributed by atoms with Crippen LogP contribution in [0.3, 0.4) is 0 Å². The van der Waals surface area contributed by atoms with Gasteiger partial charge in [-0.3, -0.25) is 15.0 Å². The van der Waals surface area contributed by atoms with Crippen molar-refractivity contribution in [3.05, 3.63) is 41.3 Å². The summed E-state index contributed by atoms with van der Waals surface area (Å²) in [5.74, 6) is -0.0524. The molecule has 2 N–H and O–H groups in total. The fourth-order valence-electron chi connectivity index (χ4n) is 5.57. The number of carboxylic acids is 1. The van der Waals surface area contributed by atoms with Gasteiger partial charge in [-0.05, 0) is 62.5 Å². The van der Waals surface area contributed by atoms with Crippen molar-refractivity contribution in [2.75, 3.05) is 31.7 Å². The second kappa shape index (κ2) is 14.2. The molecule has 1 saturated heterocycles. The summed E-state index contributed by atoms with van der Waals surface area (Å²) in [6, 6.07) is 3.90. The van der Waals surface area contributed by atoms with Crippen molar-refractivity contribution in [3.8, 4) is 5.75 Å². The predicted molar refractivity (Wildman–Crippen MR) is 161 cm³/mol. The molecule has 9 nitrogen and oxygen atoms in total.